The molecule has 310 valence electrons. The van der Waals surface area contributed by atoms with Crippen molar-refractivity contribution in [2.75, 3.05) is 13.2 Å². The summed E-state index contributed by atoms with van der Waals surface area (Å²) in [6.45, 7) is 3.65. The first-order chi connectivity index (χ1) is 25.3. The summed E-state index contributed by atoms with van der Waals surface area (Å²) in [4.78, 5) is 13.0. The number of carbonyl (C=O) groups is 1. The monoisotopic (exact) mass is 746 g/mol. The fourth-order valence-electron chi connectivity index (χ4n) is 7.17. The average molecular weight is 746 g/mol. The van der Waals surface area contributed by atoms with Crippen molar-refractivity contribution in [2.45, 2.75) is 249 Å². The molecule has 8 atom stereocenters. The number of carbonyl (C=O) groups excluding carboxylic acids is 1. The topological polar surface area (TPSA) is 169 Å². The van der Waals surface area contributed by atoms with E-state index in [-0.39, 0.29) is 6.61 Å². The van der Waals surface area contributed by atoms with Crippen LogP contribution in [0.1, 0.15) is 200 Å². The Morgan fingerprint density at radius 2 is 0.962 bits per heavy atom. The maximum absolute atomic E-state index is 13.0. The van der Waals surface area contributed by atoms with Gasteiger partial charge in [0.25, 0.3) is 0 Å². The third-order valence-corrected chi connectivity index (χ3v) is 10.8. The summed E-state index contributed by atoms with van der Waals surface area (Å²) in [6.07, 6.45) is 24.4. The summed E-state index contributed by atoms with van der Waals surface area (Å²) in [5.74, 6) is -0.583. The molecular formula is C42H83NO9. The van der Waals surface area contributed by atoms with Gasteiger partial charge in [0.2, 0.25) is 5.91 Å². The summed E-state index contributed by atoms with van der Waals surface area (Å²) < 4.78 is 11.2. The standard InChI is InChI=1S/C42H83NO9/c1-3-5-7-9-11-13-15-16-17-18-19-21-22-24-26-28-30-35(45)34(33-51-42-40(49)39(48)38(47)37(32-44)52-42)43-41(50)36(46)31-29-27-25-23-20-14-12-10-8-6-4-2/h34-40,42,44-49H,3-33H2,1-2H3,(H,43,50). The SMILES string of the molecule is CCCCCCCCCCCCCCCCCCC(O)C(COC1OC(CO)C(O)C(O)C1O)NC(=O)C(O)CCCCCCCCCCCCC. The highest BCUT2D eigenvalue weighted by Gasteiger charge is 2.44. The maximum atomic E-state index is 13.0. The molecule has 1 aliphatic heterocycles. The van der Waals surface area contributed by atoms with Gasteiger partial charge in [-0.15, -0.1) is 0 Å². The van der Waals surface area contributed by atoms with Crippen molar-refractivity contribution in [3.63, 3.8) is 0 Å². The molecule has 0 saturated carbocycles. The van der Waals surface area contributed by atoms with Gasteiger partial charge in [0.1, 0.15) is 30.5 Å². The van der Waals surface area contributed by atoms with Crippen molar-refractivity contribution in [2.24, 2.45) is 0 Å². The van der Waals surface area contributed by atoms with E-state index in [2.05, 4.69) is 19.2 Å². The summed E-state index contributed by atoms with van der Waals surface area (Å²) in [7, 11) is 0. The van der Waals surface area contributed by atoms with Crippen LogP contribution in [0.25, 0.3) is 0 Å². The predicted molar refractivity (Wildman–Crippen MR) is 209 cm³/mol. The number of ether oxygens (including phenoxy) is 2. The minimum Gasteiger partial charge on any atom is -0.394 e. The van der Waals surface area contributed by atoms with Crippen molar-refractivity contribution in [1.29, 1.82) is 0 Å². The van der Waals surface area contributed by atoms with E-state index < -0.39 is 61.5 Å². The van der Waals surface area contributed by atoms with Gasteiger partial charge < -0.3 is 45.4 Å². The smallest absolute Gasteiger partial charge is 0.249 e. The zero-order valence-electron chi connectivity index (χ0n) is 33.4. The van der Waals surface area contributed by atoms with Crippen molar-refractivity contribution in [3.05, 3.63) is 0 Å². The normalized spacial score (nSPS) is 22.3. The molecule has 1 aliphatic rings. The summed E-state index contributed by atoms with van der Waals surface area (Å²) in [6, 6.07) is -0.886. The van der Waals surface area contributed by atoms with Gasteiger partial charge in [-0.2, -0.15) is 0 Å². The Kier molecular flexibility index (Phi) is 31.7. The molecule has 0 aliphatic carbocycles. The van der Waals surface area contributed by atoms with Crippen LogP contribution >= 0.6 is 0 Å². The minimum absolute atomic E-state index is 0.250. The number of hydrogen-bond acceptors (Lipinski definition) is 9. The molecular weight excluding hydrogens is 662 g/mol. The van der Waals surface area contributed by atoms with E-state index >= 15 is 0 Å². The molecule has 1 saturated heterocycles. The van der Waals surface area contributed by atoms with Gasteiger partial charge in [0.05, 0.1) is 25.4 Å². The molecule has 0 radical (unpaired) electrons. The third-order valence-electron chi connectivity index (χ3n) is 10.8. The van der Waals surface area contributed by atoms with Gasteiger partial charge in [-0.05, 0) is 12.8 Å². The van der Waals surface area contributed by atoms with Gasteiger partial charge in [-0.1, -0.05) is 187 Å². The zero-order valence-corrected chi connectivity index (χ0v) is 33.4. The largest absolute Gasteiger partial charge is 0.394 e. The van der Waals surface area contributed by atoms with Gasteiger partial charge in [0.15, 0.2) is 6.29 Å². The summed E-state index contributed by atoms with van der Waals surface area (Å²) in [5, 5.41) is 64.6. The second-order valence-corrected chi connectivity index (χ2v) is 15.6. The van der Waals surface area contributed by atoms with E-state index in [1.54, 1.807) is 0 Å². The Morgan fingerprint density at radius 3 is 1.37 bits per heavy atom. The molecule has 1 amide bonds. The first-order valence-electron chi connectivity index (χ1n) is 21.8. The first-order valence-corrected chi connectivity index (χ1v) is 21.8. The second-order valence-electron chi connectivity index (χ2n) is 15.6. The van der Waals surface area contributed by atoms with Gasteiger partial charge in [-0.25, -0.2) is 0 Å². The van der Waals surface area contributed by atoms with Crippen LogP contribution in [-0.2, 0) is 14.3 Å². The molecule has 7 N–H and O–H groups in total. The highest BCUT2D eigenvalue weighted by molar-refractivity contribution is 5.80. The molecule has 1 rings (SSSR count). The lowest BCUT2D eigenvalue weighted by Crippen LogP contribution is -2.60. The van der Waals surface area contributed by atoms with E-state index in [9.17, 15) is 35.4 Å². The van der Waals surface area contributed by atoms with Gasteiger partial charge >= 0.3 is 0 Å². The molecule has 0 aromatic heterocycles. The van der Waals surface area contributed by atoms with Crippen LogP contribution in [0, 0.1) is 0 Å². The summed E-state index contributed by atoms with van der Waals surface area (Å²) in [5.41, 5.74) is 0. The lowest BCUT2D eigenvalue weighted by atomic mass is 9.99. The van der Waals surface area contributed by atoms with E-state index in [0.717, 1.165) is 38.5 Å². The molecule has 0 bridgehead atoms. The molecule has 1 heterocycles. The van der Waals surface area contributed by atoms with E-state index in [1.807, 2.05) is 0 Å². The maximum Gasteiger partial charge on any atom is 0.249 e. The Balaban J connectivity index is 2.41. The third kappa shape index (κ3) is 23.8. The molecule has 0 aromatic carbocycles. The molecule has 10 heteroatoms. The number of amides is 1. The first kappa shape index (κ1) is 49.2. The van der Waals surface area contributed by atoms with Crippen molar-refractivity contribution in [1.82, 2.24) is 5.32 Å². The van der Waals surface area contributed by atoms with Crippen LogP contribution in [0.5, 0.6) is 0 Å². The number of nitrogens with one attached hydrogen (secondary N) is 1. The fourth-order valence-corrected chi connectivity index (χ4v) is 7.17. The molecule has 52 heavy (non-hydrogen) atoms. The van der Waals surface area contributed by atoms with E-state index in [1.165, 1.54) is 135 Å². The minimum atomic E-state index is -1.59. The van der Waals surface area contributed by atoms with Crippen molar-refractivity contribution >= 4 is 5.91 Å². The zero-order chi connectivity index (χ0) is 38.2. The number of unbranched alkanes of at least 4 members (excludes halogenated alkanes) is 25. The van der Waals surface area contributed by atoms with Crippen LogP contribution in [0.2, 0.25) is 0 Å². The Labute approximate surface area is 317 Å². The Bertz CT molecular complexity index is 803. The van der Waals surface area contributed by atoms with Crippen LogP contribution < -0.4 is 5.32 Å². The van der Waals surface area contributed by atoms with Crippen molar-refractivity contribution in [3.8, 4) is 0 Å². The molecule has 0 aromatic rings. The predicted octanol–water partition coefficient (Wildman–Crippen LogP) is 7.36. The lowest BCUT2D eigenvalue weighted by molar-refractivity contribution is -0.302. The number of hydrogen-bond donors (Lipinski definition) is 7. The van der Waals surface area contributed by atoms with Gasteiger partial charge in [0, 0.05) is 0 Å². The van der Waals surface area contributed by atoms with Crippen molar-refractivity contribution < 1.29 is 44.9 Å². The van der Waals surface area contributed by atoms with Crippen LogP contribution in [-0.4, -0.2) is 98.7 Å². The Morgan fingerprint density at radius 1 is 0.577 bits per heavy atom. The number of aliphatic hydroxyl groups excluding tert-OH is 6. The lowest BCUT2D eigenvalue weighted by Gasteiger charge is -2.40. The highest BCUT2D eigenvalue weighted by atomic mass is 16.7. The van der Waals surface area contributed by atoms with Crippen LogP contribution in [0.15, 0.2) is 0 Å². The quantitative estimate of drug-likeness (QED) is 0.0324. The Hall–Kier alpha value is -0.850. The summed E-state index contributed by atoms with van der Waals surface area (Å²) >= 11 is 0. The van der Waals surface area contributed by atoms with Crippen LogP contribution in [0.4, 0.5) is 0 Å². The molecule has 1 fully saturated rings. The van der Waals surface area contributed by atoms with E-state index in [0.29, 0.717) is 12.8 Å². The van der Waals surface area contributed by atoms with Gasteiger partial charge in [-0.3, -0.25) is 4.79 Å². The molecule has 10 nitrogen and oxygen atoms in total. The fraction of sp³-hybridized carbons (Fsp3) is 0.976. The molecule has 0 spiro atoms. The average Bonchev–Trinajstić information content (AvgIpc) is 3.14. The molecule has 8 unspecified atom stereocenters. The highest BCUT2D eigenvalue weighted by Crippen LogP contribution is 2.23. The number of rotatable bonds is 36. The number of aliphatic hydroxyl groups is 6. The van der Waals surface area contributed by atoms with Crippen LogP contribution in [0.3, 0.4) is 0 Å². The van der Waals surface area contributed by atoms with E-state index in [4.69, 9.17) is 9.47 Å². The second kappa shape index (κ2) is 33.5.